The summed E-state index contributed by atoms with van der Waals surface area (Å²) < 4.78 is 7.57. The van der Waals surface area contributed by atoms with Gasteiger partial charge in [0.2, 0.25) is 8.32 Å². The number of nitrogens with zero attached hydrogens (tertiary/aromatic N) is 1. The minimum absolute atomic E-state index is 0.0358. The number of thiophene rings is 2. The van der Waals surface area contributed by atoms with Crippen molar-refractivity contribution in [3.05, 3.63) is 133 Å². The maximum Gasteiger partial charge on any atom is 0.242 e. The van der Waals surface area contributed by atoms with Crippen LogP contribution in [-0.4, -0.2) is 13.3 Å². The van der Waals surface area contributed by atoms with Crippen molar-refractivity contribution >= 4 is 62.8 Å². The molecule has 0 radical (unpaired) electrons. The van der Waals surface area contributed by atoms with Gasteiger partial charge in [0.1, 0.15) is 5.75 Å². The highest BCUT2D eigenvalue weighted by Crippen LogP contribution is 2.56. The summed E-state index contributed by atoms with van der Waals surface area (Å²) in [4.78, 5) is 8.76. The molecule has 0 N–H and O–H groups in total. The summed E-state index contributed by atoms with van der Waals surface area (Å²) in [5.41, 5.74) is 10.7. The second-order valence-electron chi connectivity index (χ2n) is 16.2. The molecule has 0 saturated heterocycles. The lowest BCUT2D eigenvalue weighted by Gasteiger charge is -2.34. The predicted molar refractivity (Wildman–Crippen MR) is 233 cm³/mol. The Morgan fingerprint density at radius 3 is 1.91 bits per heavy atom. The smallest absolute Gasteiger partial charge is 0.242 e. The summed E-state index contributed by atoms with van der Waals surface area (Å²) in [6.45, 7) is 13.8. The topological polar surface area (TPSA) is 22.1 Å². The zero-order valence-corrected chi connectivity index (χ0v) is 34.1. The molecule has 8 aromatic rings. The summed E-state index contributed by atoms with van der Waals surface area (Å²) >= 11 is 3.81. The first-order chi connectivity index (χ1) is 25.6. The Kier molecular flexibility index (Phi) is 8.45. The average Bonchev–Trinajstić information content (AvgIpc) is 3.88. The number of pyridine rings is 1. The van der Waals surface area contributed by atoms with Gasteiger partial charge in [-0.2, -0.15) is 0 Å². The fourth-order valence-corrected chi connectivity index (χ4v) is 11.9. The third-order valence-corrected chi connectivity index (χ3v) is 14.0. The third-order valence-electron chi connectivity index (χ3n) is 10.8. The van der Waals surface area contributed by atoms with Gasteiger partial charge in [-0.1, -0.05) is 81.8 Å². The van der Waals surface area contributed by atoms with E-state index >= 15 is 0 Å². The molecule has 9 rings (SSSR count). The van der Waals surface area contributed by atoms with Crippen molar-refractivity contribution in [3.63, 3.8) is 0 Å². The van der Waals surface area contributed by atoms with Gasteiger partial charge in [-0.15, -0.1) is 22.7 Å². The van der Waals surface area contributed by atoms with Crippen molar-refractivity contribution < 1.29 is 4.43 Å². The van der Waals surface area contributed by atoms with Gasteiger partial charge >= 0.3 is 0 Å². The Hall–Kier alpha value is -4.55. The molecule has 1 unspecified atom stereocenters. The minimum Gasteiger partial charge on any atom is -0.544 e. The van der Waals surface area contributed by atoms with Crippen molar-refractivity contribution in [2.75, 3.05) is 0 Å². The maximum absolute atomic E-state index is 6.22. The summed E-state index contributed by atoms with van der Waals surface area (Å²) in [6, 6.07) is 43.4. The number of hydrogen-bond acceptors (Lipinski definition) is 4. The van der Waals surface area contributed by atoms with Gasteiger partial charge in [-0.05, 0) is 138 Å². The molecule has 1 atom stereocenters. The summed E-state index contributed by atoms with van der Waals surface area (Å²) in [6.07, 6.45) is 5.31. The second-order valence-corrected chi connectivity index (χ2v) is 22.7. The summed E-state index contributed by atoms with van der Waals surface area (Å²) in [5, 5.41) is 5.05. The lowest BCUT2D eigenvalue weighted by Crippen LogP contribution is -2.29. The van der Waals surface area contributed by atoms with E-state index in [1.165, 1.54) is 79.8 Å². The van der Waals surface area contributed by atoms with E-state index in [0.717, 1.165) is 30.5 Å². The Bertz CT molecular complexity index is 2590. The minimum atomic E-state index is -1.64. The third kappa shape index (κ3) is 5.94. The molecule has 3 heterocycles. The lowest BCUT2D eigenvalue weighted by atomic mass is 9.69. The Morgan fingerprint density at radius 1 is 0.642 bits per heavy atom. The zero-order chi connectivity index (χ0) is 36.5. The van der Waals surface area contributed by atoms with E-state index < -0.39 is 8.32 Å². The molecular weight excluding hydrogens is 699 g/mol. The van der Waals surface area contributed by atoms with Gasteiger partial charge in [-0.25, -0.2) is 0 Å². The molecule has 1 aliphatic rings. The molecule has 1 aliphatic carbocycles. The Balaban J connectivity index is 1.13. The monoisotopic (exact) mass is 743 g/mol. The van der Waals surface area contributed by atoms with Crippen LogP contribution in [0.3, 0.4) is 0 Å². The summed E-state index contributed by atoms with van der Waals surface area (Å²) in [5.74, 6) is 1.53. The first kappa shape index (κ1) is 34.2. The molecule has 0 saturated carbocycles. The van der Waals surface area contributed by atoms with E-state index in [1.807, 2.05) is 28.9 Å². The van der Waals surface area contributed by atoms with Crippen LogP contribution in [0.15, 0.2) is 121 Å². The molecule has 0 amide bonds. The second kappa shape index (κ2) is 13.1. The van der Waals surface area contributed by atoms with Crippen LogP contribution in [0.4, 0.5) is 0 Å². The standard InChI is InChI=1S/C48H45NOS2Si/c1-7-24-48(29-30(2)3)41-26-32(44-23-22-43(51-44)31-14-18-34(19-15-31)50-53(4,5)6)16-20-35(41)36-21-17-33(27-42(36)48)45-28-40-38-13-10-25-49-46(38)37-11-8-9-12-39(37)47(40)52-45/h8-23,25-28,30H,7,24,29H2,1-6H3. The van der Waals surface area contributed by atoms with Gasteiger partial charge in [0.05, 0.1) is 5.52 Å². The van der Waals surface area contributed by atoms with Crippen molar-refractivity contribution in [1.82, 2.24) is 4.98 Å². The van der Waals surface area contributed by atoms with E-state index in [2.05, 4.69) is 156 Å². The molecule has 264 valence electrons. The van der Waals surface area contributed by atoms with Crippen molar-refractivity contribution in [3.8, 4) is 48.2 Å². The van der Waals surface area contributed by atoms with Gasteiger partial charge in [0.15, 0.2) is 0 Å². The predicted octanol–water partition coefficient (Wildman–Crippen LogP) is 15.0. The van der Waals surface area contributed by atoms with Crippen LogP contribution in [0, 0.1) is 5.92 Å². The highest BCUT2D eigenvalue weighted by atomic mass is 32.1. The number of fused-ring (bicyclic) bond motifs is 9. The lowest BCUT2D eigenvalue weighted by molar-refractivity contribution is 0.377. The van der Waals surface area contributed by atoms with Crippen molar-refractivity contribution in [2.24, 2.45) is 5.92 Å². The molecule has 0 spiro atoms. The number of rotatable bonds is 9. The molecular formula is C48H45NOS2Si. The van der Waals surface area contributed by atoms with Crippen LogP contribution >= 0.6 is 22.7 Å². The van der Waals surface area contributed by atoms with Crippen LogP contribution in [0.5, 0.6) is 5.75 Å². The van der Waals surface area contributed by atoms with E-state index in [1.54, 1.807) is 0 Å². The van der Waals surface area contributed by atoms with E-state index in [0.29, 0.717) is 5.92 Å². The van der Waals surface area contributed by atoms with Gasteiger partial charge in [0, 0.05) is 52.5 Å². The normalized spacial score (nSPS) is 15.5. The highest BCUT2D eigenvalue weighted by Gasteiger charge is 2.43. The van der Waals surface area contributed by atoms with Crippen LogP contribution < -0.4 is 4.43 Å². The van der Waals surface area contributed by atoms with Gasteiger partial charge in [-0.3, -0.25) is 4.98 Å². The van der Waals surface area contributed by atoms with Crippen LogP contribution in [-0.2, 0) is 5.41 Å². The fourth-order valence-electron chi connectivity index (χ4n) is 8.86. The molecule has 0 aliphatic heterocycles. The first-order valence-electron chi connectivity index (χ1n) is 19.0. The molecule has 2 nitrogen and oxygen atoms in total. The van der Waals surface area contributed by atoms with Crippen molar-refractivity contribution in [1.29, 1.82) is 0 Å². The maximum atomic E-state index is 6.22. The molecule has 5 heteroatoms. The molecule has 3 aromatic heterocycles. The van der Waals surface area contributed by atoms with Crippen LogP contribution in [0.1, 0.15) is 51.2 Å². The van der Waals surface area contributed by atoms with E-state index in [9.17, 15) is 0 Å². The summed E-state index contributed by atoms with van der Waals surface area (Å²) in [7, 11) is -1.64. The molecule has 0 fully saturated rings. The Morgan fingerprint density at radius 2 is 1.25 bits per heavy atom. The SMILES string of the molecule is CCCC1(CC(C)C)c2cc(-c3ccc(-c4ccc(O[Si](C)(C)C)cc4)s3)ccc2-c2ccc(-c3cc4c5cccnc5c5ccccc5c4s3)cc21. The quantitative estimate of drug-likeness (QED) is 0.108. The zero-order valence-electron chi connectivity index (χ0n) is 31.4. The number of aromatic nitrogens is 1. The fraction of sp³-hybridized carbons (Fsp3) is 0.229. The van der Waals surface area contributed by atoms with Gasteiger partial charge < -0.3 is 4.43 Å². The first-order valence-corrected chi connectivity index (χ1v) is 24.0. The number of hydrogen-bond donors (Lipinski definition) is 0. The van der Waals surface area contributed by atoms with Crippen molar-refractivity contribution in [2.45, 2.75) is 65.1 Å². The molecule has 53 heavy (non-hydrogen) atoms. The van der Waals surface area contributed by atoms with Crippen LogP contribution in [0.25, 0.3) is 74.2 Å². The number of benzene rings is 5. The molecule has 5 aromatic carbocycles. The largest absolute Gasteiger partial charge is 0.544 e. The highest BCUT2D eigenvalue weighted by molar-refractivity contribution is 7.23. The van der Waals surface area contributed by atoms with Crippen LogP contribution in [0.2, 0.25) is 19.6 Å². The van der Waals surface area contributed by atoms with E-state index in [4.69, 9.17) is 9.41 Å². The molecule has 0 bridgehead atoms. The average molecular weight is 744 g/mol. The van der Waals surface area contributed by atoms with E-state index in [-0.39, 0.29) is 5.41 Å². The Labute approximate surface area is 322 Å². The van der Waals surface area contributed by atoms with Gasteiger partial charge in [0.25, 0.3) is 0 Å².